The molecule has 0 bridgehead atoms. The quantitative estimate of drug-likeness (QED) is 0.185. The van der Waals surface area contributed by atoms with E-state index in [1.165, 1.54) is 30.5 Å². The number of carboxylic acid groups (broad SMARTS) is 1. The Bertz CT molecular complexity index is 1770. The van der Waals surface area contributed by atoms with E-state index in [0.29, 0.717) is 46.9 Å². The maximum absolute atomic E-state index is 14.3. The van der Waals surface area contributed by atoms with Crippen LogP contribution < -0.4 is 5.32 Å². The second-order valence-corrected chi connectivity index (χ2v) is 12.6. The van der Waals surface area contributed by atoms with Crippen molar-refractivity contribution in [2.75, 3.05) is 0 Å². The number of alkyl halides is 6. The molecule has 2 aliphatic carbocycles. The van der Waals surface area contributed by atoms with E-state index in [9.17, 15) is 45.4 Å². The Kier molecular flexibility index (Phi) is 7.22. The third-order valence-corrected chi connectivity index (χ3v) is 9.44. The molecule has 3 N–H and O–H groups in total. The number of benzene rings is 3. The standard InChI is InChI=1S/C31H23F7N2O3S/c32-19-8-15(7-18(9-19)31(36,37)38)22-5-6-23(27(41)40-20-12-29(13-20)10-16(11-29)28(42)43)25-24(14-39-26(22)25)44-21-3-1-17(2-4-21)30(33,34)35/h1-9,14,16,20,39H,10-13H2,(H,40,41)(H,42,43). The molecule has 0 atom stereocenters. The highest BCUT2D eigenvalue weighted by atomic mass is 32.2. The average molecular weight is 637 g/mol. The molecule has 0 unspecified atom stereocenters. The summed E-state index contributed by atoms with van der Waals surface area (Å²) in [6.07, 6.45) is -5.50. The maximum atomic E-state index is 14.3. The Morgan fingerprint density at radius 2 is 1.55 bits per heavy atom. The Labute approximate surface area is 249 Å². The van der Waals surface area contributed by atoms with Gasteiger partial charge in [-0.3, -0.25) is 9.59 Å². The summed E-state index contributed by atoms with van der Waals surface area (Å²) >= 11 is 1.05. The number of aromatic nitrogens is 1. The third kappa shape index (κ3) is 5.64. The predicted molar refractivity (Wildman–Crippen MR) is 148 cm³/mol. The molecule has 2 aliphatic rings. The summed E-state index contributed by atoms with van der Waals surface area (Å²) in [7, 11) is 0. The summed E-state index contributed by atoms with van der Waals surface area (Å²) in [5.74, 6) is -2.80. The zero-order chi connectivity index (χ0) is 31.6. The summed E-state index contributed by atoms with van der Waals surface area (Å²) in [4.78, 5) is 28.5. The smallest absolute Gasteiger partial charge is 0.416 e. The number of rotatable bonds is 6. The molecular weight excluding hydrogens is 613 g/mol. The van der Waals surface area contributed by atoms with E-state index in [1.54, 1.807) is 0 Å². The number of amides is 1. The lowest BCUT2D eigenvalue weighted by molar-refractivity contribution is -0.155. The number of carbonyl (C=O) groups excluding carboxylic acids is 1. The van der Waals surface area contributed by atoms with Gasteiger partial charge in [0.1, 0.15) is 5.82 Å². The first kappa shape index (κ1) is 30.0. The van der Waals surface area contributed by atoms with Crippen LogP contribution >= 0.6 is 11.8 Å². The molecule has 0 saturated heterocycles. The van der Waals surface area contributed by atoms with E-state index >= 15 is 0 Å². The fourth-order valence-electron chi connectivity index (χ4n) is 6.32. The Balaban J connectivity index is 1.35. The van der Waals surface area contributed by atoms with Crippen molar-refractivity contribution in [1.29, 1.82) is 0 Å². The van der Waals surface area contributed by atoms with E-state index in [0.717, 1.165) is 36.0 Å². The summed E-state index contributed by atoms with van der Waals surface area (Å²) in [6, 6.07) is 9.16. The lowest BCUT2D eigenvalue weighted by Gasteiger charge is -2.56. The molecule has 5 nitrogen and oxygen atoms in total. The molecule has 4 aromatic rings. The van der Waals surface area contributed by atoms with Crippen LogP contribution in [0.4, 0.5) is 30.7 Å². The third-order valence-electron chi connectivity index (χ3n) is 8.39. The largest absolute Gasteiger partial charge is 0.481 e. The Hall–Kier alpha value is -4.00. The van der Waals surface area contributed by atoms with Crippen molar-refractivity contribution < 1.29 is 45.4 Å². The van der Waals surface area contributed by atoms with Crippen LogP contribution in [0, 0.1) is 17.2 Å². The van der Waals surface area contributed by atoms with Crippen LogP contribution in [0.25, 0.3) is 22.0 Å². The molecular formula is C31H23F7N2O3S. The minimum Gasteiger partial charge on any atom is -0.481 e. The minimum absolute atomic E-state index is 0.0823. The van der Waals surface area contributed by atoms with Crippen LogP contribution in [0.2, 0.25) is 0 Å². The van der Waals surface area contributed by atoms with Gasteiger partial charge in [0.05, 0.1) is 22.6 Å². The number of fused-ring (bicyclic) bond motifs is 1. The summed E-state index contributed by atoms with van der Waals surface area (Å²) < 4.78 is 94.0. The van der Waals surface area contributed by atoms with Crippen LogP contribution in [0.5, 0.6) is 0 Å². The number of H-pyrrole nitrogens is 1. The first-order valence-electron chi connectivity index (χ1n) is 13.5. The summed E-state index contributed by atoms with van der Waals surface area (Å²) in [5.41, 5.74) is -1.60. The number of carbonyl (C=O) groups is 2. The highest BCUT2D eigenvalue weighted by molar-refractivity contribution is 7.99. The van der Waals surface area contributed by atoms with Crippen LogP contribution in [-0.2, 0) is 17.1 Å². The lowest BCUT2D eigenvalue weighted by atomic mass is 9.50. The molecule has 1 aromatic heterocycles. The van der Waals surface area contributed by atoms with Gasteiger partial charge in [0.25, 0.3) is 5.91 Å². The van der Waals surface area contributed by atoms with E-state index in [2.05, 4.69) is 10.3 Å². The number of carboxylic acids is 1. The summed E-state index contributed by atoms with van der Waals surface area (Å²) in [5, 5.41) is 12.4. The number of nitrogens with one attached hydrogen (secondary N) is 2. The molecule has 13 heteroatoms. The average Bonchev–Trinajstić information content (AvgIpc) is 3.31. The SMILES string of the molecule is O=C(NC1CC2(C1)CC(C(=O)O)C2)c1ccc(-c2cc(F)cc(C(F)(F)F)c2)c2[nH]cc(Sc3ccc(C(F)(F)F)cc3)c12. The zero-order valence-electron chi connectivity index (χ0n) is 22.6. The highest BCUT2D eigenvalue weighted by Crippen LogP contribution is 2.58. The fourth-order valence-corrected chi connectivity index (χ4v) is 7.28. The maximum Gasteiger partial charge on any atom is 0.416 e. The molecule has 1 heterocycles. The van der Waals surface area contributed by atoms with Gasteiger partial charge in [-0.1, -0.05) is 17.8 Å². The number of aromatic amines is 1. The number of hydrogen-bond acceptors (Lipinski definition) is 3. The van der Waals surface area contributed by atoms with Crippen LogP contribution in [0.3, 0.4) is 0 Å². The molecule has 3 aromatic carbocycles. The Morgan fingerprint density at radius 1 is 0.886 bits per heavy atom. The normalized spacial score (nSPS) is 21.6. The first-order valence-corrected chi connectivity index (χ1v) is 14.3. The van der Waals surface area contributed by atoms with Crippen molar-refractivity contribution in [1.82, 2.24) is 10.3 Å². The molecule has 0 aliphatic heterocycles. The summed E-state index contributed by atoms with van der Waals surface area (Å²) in [6.45, 7) is 0. The van der Waals surface area contributed by atoms with Gasteiger partial charge in [-0.05, 0) is 85.2 Å². The topological polar surface area (TPSA) is 82.2 Å². The fraction of sp³-hybridized carbons (Fsp3) is 0.290. The van der Waals surface area contributed by atoms with Crippen molar-refractivity contribution in [3.8, 4) is 11.1 Å². The zero-order valence-corrected chi connectivity index (χ0v) is 23.4. The molecule has 44 heavy (non-hydrogen) atoms. The predicted octanol–water partition coefficient (Wildman–Crippen LogP) is 8.54. The molecule has 2 saturated carbocycles. The molecule has 2 fully saturated rings. The monoisotopic (exact) mass is 636 g/mol. The Morgan fingerprint density at radius 3 is 2.16 bits per heavy atom. The van der Waals surface area contributed by atoms with E-state index in [4.69, 9.17) is 0 Å². The highest BCUT2D eigenvalue weighted by Gasteiger charge is 2.55. The molecule has 1 amide bonds. The van der Waals surface area contributed by atoms with Crippen LogP contribution in [0.15, 0.2) is 70.6 Å². The van der Waals surface area contributed by atoms with Gasteiger partial charge in [0.2, 0.25) is 0 Å². The second kappa shape index (κ2) is 10.6. The van der Waals surface area contributed by atoms with Crippen LogP contribution in [-0.4, -0.2) is 28.0 Å². The van der Waals surface area contributed by atoms with Gasteiger partial charge in [-0.15, -0.1) is 0 Å². The van der Waals surface area contributed by atoms with Crippen molar-refractivity contribution in [2.45, 2.75) is 53.9 Å². The molecule has 230 valence electrons. The van der Waals surface area contributed by atoms with E-state index < -0.39 is 41.2 Å². The minimum atomic E-state index is -4.81. The van der Waals surface area contributed by atoms with Gasteiger partial charge in [-0.2, -0.15) is 26.3 Å². The van der Waals surface area contributed by atoms with Crippen molar-refractivity contribution in [3.63, 3.8) is 0 Å². The number of hydrogen-bond donors (Lipinski definition) is 3. The molecule has 1 spiro atoms. The molecule has 6 rings (SSSR count). The lowest BCUT2D eigenvalue weighted by Crippen LogP contribution is -2.57. The van der Waals surface area contributed by atoms with Gasteiger partial charge < -0.3 is 15.4 Å². The van der Waals surface area contributed by atoms with E-state index in [1.807, 2.05) is 0 Å². The second-order valence-electron chi connectivity index (χ2n) is 11.4. The van der Waals surface area contributed by atoms with Gasteiger partial charge >= 0.3 is 18.3 Å². The van der Waals surface area contributed by atoms with Crippen molar-refractivity contribution >= 4 is 34.5 Å². The van der Waals surface area contributed by atoms with Crippen molar-refractivity contribution in [2.24, 2.45) is 11.3 Å². The number of aliphatic carboxylic acids is 1. The van der Waals surface area contributed by atoms with Gasteiger partial charge in [-0.25, -0.2) is 4.39 Å². The number of halogens is 7. The van der Waals surface area contributed by atoms with Gasteiger partial charge in [0.15, 0.2) is 0 Å². The van der Waals surface area contributed by atoms with Crippen molar-refractivity contribution in [3.05, 3.63) is 83.3 Å². The van der Waals surface area contributed by atoms with E-state index in [-0.39, 0.29) is 39.6 Å². The van der Waals surface area contributed by atoms with Crippen LogP contribution in [0.1, 0.15) is 47.2 Å². The first-order chi connectivity index (χ1) is 20.6. The molecule has 0 radical (unpaired) electrons. The van der Waals surface area contributed by atoms with Gasteiger partial charge in [0, 0.05) is 38.5 Å².